The van der Waals surface area contributed by atoms with Gasteiger partial charge in [0.2, 0.25) is 0 Å². The van der Waals surface area contributed by atoms with Crippen LogP contribution in [0, 0.1) is 0 Å². The van der Waals surface area contributed by atoms with Crippen molar-refractivity contribution in [3.05, 3.63) is 48.6 Å². The fourth-order valence-electron chi connectivity index (χ4n) is 6.80. The van der Waals surface area contributed by atoms with Crippen LogP contribution in [0.4, 0.5) is 0 Å². The molecular weight excluding hydrogens is 693 g/mol. The van der Waals surface area contributed by atoms with E-state index in [0.29, 0.717) is 19.4 Å². The Morgan fingerprint density at radius 3 is 1.27 bits per heavy atom. The fourth-order valence-corrected chi connectivity index (χ4v) is 6.80. The van der Waals surface area contributed by atoms with Gasteiger partial charge < -0.3 is 14.2 Å². The molecule has 0 radical (unpaired) electrons. The van der Waals surface area contributed by atoms with Gasteiger partial charge >= 0.3 is 11.9 Å². The van der Waals surface area contributed by atoms with E-state index in [2.05, 4.69) is 69.4 Å². The molecule has 0 aliphatic heterocycles. The van der Waals surface area contributed by atoms with Crippen molar-refractivity contribution in [1.29, 1.82) is 0 Å². The first-order chi connectivity index (χ1) is 27.6. The van der Waals surface area contributed by atoms with E-state index in [9.17, 15) is 9.59 Å². The normalized spacial score (nSPS) is 12.6. The van der Waals surface area contributed by atoms with Crippen LogP contribution in [0.5, 0.6) is 0 Å². The van der Waals surface area contributed by atoms with Crippen LogP contribution in [0.25, 0.3) is 0 Å². The lowest BCUT2D eigenvalue weighted by Crippen LogP contribution is -2.30. The number of carbonyl (C=O) groups excluding carboxylic acids is 2. The number of ether oxygens (including phenoxy) is 3. The van der Waals surface area contributed by atoms with E-state index in [-0.39, 0.29) is 25.2 Å². The number of allylic oxidation sites excluding steroid dienone is 8. The third-order valence-corrected chi connectivity index (χ3v) is 10.4. The van der Waals surface area contributed by atoms with Crippen LogP contribution in [-0.4, -0.2) is 37.9 Å². The van der Waals surface area contributed by atoms with Gasteiger partial charge in [-0.2, -0.15) is 0 Å². The standard InChI is InChI=1S/C51H92O5/c1-4-7-10-13-16-19-21-23-25-27-29-31-34-37-40-43-46-54-47-49(56-51(53)45-42-39-36-32-18-15-12-9-6-3)48-55-50(52)44-41-38-35-33-30-28-26-24-22-20-17-14-11-8-5-2/h7,10,16,19,23,25,29,31,49H,4-6,8-9,11-15,17-18,20-22,24,26-28,30,32-48H2,1-3H3/b10-7-,19-16-,25-23-,31-29-. The fraction of sp³-hybridized carbons (Fsp3) is 0.804. The summed E-state index contributed by atoms with van der Waals surface area (Å²) < 4.78 is 17.3. The van der Waals surface area contributed by atoms with Gasteiger partial charge in [0.1, 0.15) is 6.61 Å². The molecule has 0 bridgehead atoms. The van der Waals surface area contributed by atoms with Crippen LogP contribution in [-0.2, 0) is 23.8 Å². The van der Waals surface area contributed by atoms with Crippen molar-refractivity contribution in [1.82, 2.24) is 0 Å². The number of carbonyl (C=O) groups is 2. The molecule has 0 rings (SSSR count). The van der Waals surface area contributed by atoms with Crippen LogP contribution in [0.2, 0.25) is 0 Å². The van der Waals surface area contributed by atoms with Crippen molar-refractivity contribution in [2.24, 2.45) is 0 Å². The van der Waals surface area contributed by atoms with Crippen LogP contribution >= 0.6 is 0 Å². The second-order valence-electron chi connectivity index (χ2n) is 16.0. The Kier molecular flexibility index (Phi) is 45.4. The molecule has 5 nitrogen and oxygen atoms in total. The smallest absolute Gasteiger partial charge is 0.306 e. The number of hydrogen-bond acceptors (Lipinski definition) is 5. The monoisotopic (exact) mass is 785 g/mol. The highest BCUT2D eigenvalue weighted by atomic mass is 16.6. The quantitative estimate of drug-likeness (QED) is 0.0350. The molecule has 0 saturated heterocycles. The van der Waals surface area contributed by atoms with Crippen LogP contribution in [0.3, 0.4) is 0 Å². The van der Waals surface area contributed by atoms with Gasteiger partial charge in [0.15, 0.2) is 6.10 Å². The average Bonchev–Trinajstić information content (AvgIpc) is 3.20. The molecule has 5 heteroatoms. The second kappa shape index (κ2) is 47.2. The Balaban J connectivity index is 4.24. The van der Waals surface area contributed by atoms with Gasteiger partial charge in [-0.25, -0.2) is 0 Å². The predicted octanol–water partition coefficient (Wildman–Crippen LogP) is 16.0. The largest absolute Gasteiger partial charge is 0.462 e. The molecule has 0 saturated carbocycles. The van der Waals surface area contributed by atoms with Gasteiger partial charge in [0.25, 0.3) is 0 Å². The summed E-state index contributed by atoms with van der Waals surface area (Å²) in [6.45, 7) is 7.65. The highest BCUT2D eigenvalue weighted by Gasteiger charge is 2.17. The Hall–Kier alpha value is -2.14. The average molecular weight is 785 g/mol. The van der Waals surface area contributed by atoms with E-state index in [1.54, 1.807) is 0 Å². The molecule has 56 heavy (non-hydrogen) atoms. The van der Waals surface area contributed by atoms with Crippen molar-refractivity contribution >= 4 is 11.9 Å². The van der Waals surface area contributed by atoms with Gasteiger partial charge in [-0.3, -0.25) is 9.59 Å². The Morgan fingerprint density at radius 1 is 0.411 bits per heavy atom. The Morgan fingerprint density at radius 2 is 0.804 bits per heavy atom. The maximum atomic E-state index is 12.7. The molecule has 0 aromatic carbocycles. The zero-order chi connectivity index (χ0) is 40.7. The van der Waals surface area contributed by atoms with Gasteiger partial charge in [0, 0.05) is 19.4 Å². The maximum Gasteiger partial charge on any atom is 0.306 e. The first kappa shape index (κ1) is 53.9. The van der Waals surface area contributed by atoms with Crippen molar-refractivity contribution in [3.63, 3.8) is 0 Å². The van der Waals surface area contributed by atoms with E-state index in [0.717, 1.165) is 77.0 Å². The molecular formula is C51H92O5. The lowest BCUT2D eigenvalue weighted by atomic mass is 10.0. The SMILES string of the molecule is CC/C=C\C/C=C\C/C=C\C/C=C\CCCCCOCC(COC(=O)CCCCCCCCCCCCCCCCC)OC(=O)CCCCCCCCCCC. The number of unbranched alkanes of at least 4 members (excludes halogenated alkanes) is 25. The van der Waals surface area contributed by atoms with E-state index >= 15 is 0 Å². The molecule has 1 atom stereocenters. The lowest BCUT2D eigenvalue weighted by Gasteiger charge is -2.18. The van der Waals surface area contributed by atoms with Crippen molar-refractivity contribution < 1.29 is 23.8 Å². The number of rotatable bonds is 44. The van der Waals surface area contributed by atoms with E-state index in [4.69, 9.17) is 14.2 Å². The highest BCUT2D eigenvalue weighted by molar-refractivity contribution is 5.70. The summed E-state index contributed by atoms with van der Waals surface area (Å²) in [4.78, 5) is 25.2. The molecule has 0 amide bonds. The molecule has 0 spiro atoms. The van der Waals surface area contributed by atoms with Gasteiger partial charge in [-0.15, -0.1) is 0 Å². The second-order valence-corrected chi connectivity index (χ2v) is 16.0. The molecule has 0 aliphatic rings. The van der Waals surface area contributed by atoms with Crippen LogP contribution in [0.1, 0.15) is 239 Å². The molecule has 0 aliphatic carbocycles. The van der Waals surface area contributed by atoms with Crippen LogP contribution in [0.15, 0.2) is 48.6 Å². The molecule has 0 fully saturated rings. The van der Waals surface area contributed by atoms with E-state index in [1.807, 2.05) is 0 Å². The third-order valence-electron chi connectivity index (χ3n) is 10.4. The summed E-state index contributed by atoms with van der Waals surface area (Å²) in [7, 11) is 0. The Bertz CT molecular complexity index is 935. The number of hydrogen-bond donors (Lipinski definition) is 0. The highest BCUT2D eigenvalue weighted by Crippen LogP contribution is 2.15. The molecule has 0 aromatic heterocycles. The molecule has 0 aromatic rings. The molecule has 326 valence electrons. The van der Waals surface area contributed by atoms with Gasteiger partial charge in [-0.1, -0.05) is 217 Å². The van der Waals surface area contributed by atoms with E-state index < -0.39 is 6.10 Å². The van der Waals surface area contributed by atoms with Gasteiger partial charge in [0.05, 0.1) is 6.61 Å². The summed E-state index contributed by atoms with van der Waals surface area (Å²) in [5, 5.41) is 0. The zero-order valence-corrected chi connectivity index (χ0v) is 37.4. The minimum atomic E-state index is -0.546. The summed E-state index contributed by atoms with van der Waals surface area (Å²) in [6, 6.07) is 0. The first-order valence-corrected chi connectivity index (χ1v) is 24.2. The summed E-state index contributed by atoms with van der Waals surface area (Å²) in [5.74, 6) is -0.409. The minimum absolute atomic E-state index is 0.0763. The van der Waals surface area contributed by atoms with Crippen molar-refractivity contribution in [3.8, 4) is 0 Å². The lowest BCUT2D eigenvalue weighted by molar-refractivity contribution is -0.163. The van der Waals surface area contributed by atoms with Crippen molar-refractivity contribution in [2.75, 3.05) is 19.8 Å². The summed E-state index contributed by atoms with van der Waals surface area (Å²) in [5.41, 5.74) is 0. The van der Waals surface area contributed by atoms with Crippen molar-refractivity contribution in [2.45, 2.75) is 245 Å². The maximum absolute atomic E-state index is 12.7. The molecule has 0 N–H and O–H groups in total. The van der Waals surface area contributed by atoms with Crippen LogP contribution < -0.4 is 0 Å². The molecule has 0 heterocycles. The topological polar surface area (TPSA) is 61.8 Å². The predicted molar refractivity (Wildman–Crippen MR) is 242 cm³/mol. The van der Waals surface area contributed by atoms with Gasteiger partial charge in [-0.05, 0) is 57.8 Å². The minimum Gasteiger partial charge on any atom is -0.462 e. The zero-order valence-electron chi connectivity index (χ0n) is 37.4. The summed E-state index contributed by atoms with van der Waals surface area (Å²) >= 11 is 0. The first-order valence-electron chi connectivity index (χ1n) is 24.2. The van der Waals surface area contributed by atoms with E-state index in [1.165, 1.54) is 128 Å². The number of esters is 2. The third kappa shape index (κ3) is 44.6. The Labute approximate surface area is 348 Å². The molecule has 1 unspecified atom stereocenters. The summed E-state index contributed by atoms with van der Waals surface area (Å²) in [6.07, 6.45) is 56.9.